The third kappa shape index (κ3) is 2.27. The number of fused-ring (bicyclic) bond motifs is 1. The Morgan fingerprint density at radius 1 is 1.53 bits per heavy atom. The van der Waals surface area contributed by atoms with E-state index in [1.807, 2.05) is 12.1 Å². The lowest BCUT2D eigenvalue weighted by Gasteiger charge is -2.09. The number of aryl methyl sites for hydroxylation is 1. The SMILES string of the molecule is CC1Cc2cc(Cl)cc(CCCN)c2O1. The third-order valence-electron chi connectivity index (χ3n) is 2.68. The molecule has 15 heavy (non-hydrogen) atoms. The summed E-state index contributed by atoms with van der Waals surface area (Å²) in [5.74, 6) is 1.04. The Bertz CT molecular complexity index is 365. The maximum absolute atomic E-state index is 6.07. The summed E-state index contributed by atoms with van der Waals surface area (Å²) >= 11 is 6.07. The number of hydrogen-bond acceptors (Lipinski definition) is 2. The van der Waals surface area contributed by atoms with Gasteiger partial charge in [-0.1, -0.05) is 11.6 Å². The molecule has 0 fully saturated rings. The van der Waals surface area contributed by atoms with Gasteiger partial charge in [0.15, 0.2) is 0 Å². The van der Waals surface area contributed by atoms with E-state index in [1.54, 1.807) is 0 Å². The molecule has 0 spiro atoms. The molecule has 2 rings (SSSR count). The second-order valence-electron chi connectivity index (χ2n) is 4.08. The van der Waals surface area contributed by atoms with E-state index >= 15 is 0 Å². The summed E-state index contributed by atoms with van der Waals surface area (Å²) in [5, 5.41) is 0.804. The molecule has 1 aromatic rings. The Kier molecular flexibility index (Phi) is 3.17. The first-order chi connectivity index (χ1) is 7.20. The highest BCUT2D eigenvalue weighted by atomic mass is 35.5. The fourth-order valence-corrected chi connectivity index (χ4v) is 2.31. The zero-order valence-corrected chi connectivity index (χ0v) is 9.68. The Morgan fingerprint density at radius 2 is 2.33 bits per heavy atom. The molecule has 0 amide bonds. The predicted molar refractivity (Wildman–Crippen MR) is 62.6 cm³/mol. The average Bonchev–Trinajstić information content (AvgIpc) is 2.54. The van der Waals surface area contributed by atoms with E-state index in [1.165, 1.54) is 11.1 Å². The van der Waals surface area contributed by atoms with Crippen LogP contribution in [0.3, 0.4) is 0 Å². The first-order valence-electron chi connectivity index (χ1n) is 5.38. The molecule has 0 aromatic heterocycles. The van der Waals surface area contributed by atoms with Crippen molar-refractivity contribution in [3.05, 3.63) is 28.3 Å². The van der Waals surface area contributed by atoms with Gasteiger partial charge in [0.05, 0.1) is 0 Å². The normalized spacial score (nSPS) is 18.7. The zero-order chi connectivity index (χ0) is 10.8. The second kappa shape index (κ2) is 4.42. The van der Waals surface area contributed by atoms with E-state index in [2.05, 4.69) is 6.92 Å². The van der Waals surface area contributed by atoms with E-state index in [-0.39, 0.29) is 6.10 Å². The topological polar surface area (TPSA) is 35.2 Å². The summed E-state index contributed by atoms with van der Waals surface area (Å²) in [5.41, 5.74) is 7.95. The van der Waals surface area contributed by atoms with Crippen molar-refractivity contribution < 1.29 is 4.74 Å². The number of nitrogens with two attached hydrogens (primary N) is 1. The molecular weight excluding hydrogens is 210 g/mol. The molecule has 1 aromatic carbocycles. The van der Waals surface area contributed by atoms with Gasteiger partial charge in [0.25, 0.3) is 0 Å². The Labute approximate surface area is 95.4 Å². The largest absolute Gasteiger partial charge is 0.490 e. The monoisotopic (exact) mass is 225 g/mol. The number of rotatable bonds is 3. The summed E-state index contributed by atoms with van der Waals surface area (Å²) in [6.45, 7) is 2.79. The van der Waals surface area contributed by atoms with Crippen LogP contribution in [0.1, 0.15) is 24.5 Å². The molecule has 0 saturated heterocycles. The molecule has 1 atom stereocenters. The number of ether oxygens (including phenoxy) is 1. The van der Waals surface area contributed by atoms with Gasteiger partial charge in [0.2, 0.25) is 0 Å². The van der Waals surface area contributed by atoms with Crippen LogP contribution < -0.4 is 10.5 Å². The quantitative estimate of drug-likeness (QED) is 0.858. The molecule has 1 heterocycles. The maximum atomic E-state index is 6.07. The van der Waals surface area contributed by atoms with Crippen molar-refractivity contribution >= 4 is 11.6 Å². The van der Waals surface area contributed by atoms with Crippen LogP contribution >= 0.6 is 11.6 Å². The minimum absolute atomic E-state index is 0.273. The highest BCUT2D eigenvalue weighted by Gasteiger charge is 2.22. The lowest BCUT2D eigenvalue weighted by molar-refractivity contribution is 0.252. The highest BCUT2D eigenvalue weighted by Crippen LogP contribution is 2.35. The van der Waals surface area contributed by atoms with Gasteiger partial charge in [-0.15, -0.1) is 0 Å². The smallest absolute Gasteiger partial charge is 0.126 e. The molecule has 1 aliphatic rings. The van der Waals surface area contributed by atoms with Crippen LogP contribution in [-0.4, -0.2) is 12.6 Å². The summed E-state index contributed by atoms with van der Waals surface area (Å²) in [7, 11) is 0. The summed E-state index contributed by atoms with van der Waals surface area (Å²) < 4.78 is 5.79. The molecule has 2 N–H and O–H groups in total. The molecule has 82 valence electrons. The van der Waals surface area contributed by atoms with Crippen LogP contribution in [0.25, 0.3) is 0 Å². The van der Waals surface area contributed by atoms with Crippen molar-refractivity contribution in [2.45, 2.75) is 32.3 Å². The third-order valence-corrected chi connectivity index (χ3v) is 2.90. The Balaban J connectivity index is 2.30. The fourth-order valence-electron chi connectivity index (χ4n) is 2.05. The van der Waals surface area contributed by atoms with Gasteiger partial charge in [0, 0.05) is 11.4 Å². The minimum Gasteiger partial charge on any atom is -0.490 e. The lowest BCUT2D eigenvalue weighted by atomic mass is 10.0. The number of hydrogen-bond donors (Lipinski definition) is 1. The second-order valence-corrected chi connectivity index (χ2v) is 4.51. The standard InChI is InChI=1S/C12H16ClNO/c1-8-5-10-7-11(13)6-9(3-2-4-14)12(10)15-8/h6-8H,2-5,14H2,1H3. The first-order valence-corrected chi connectivity index (χ1v) is 5.76. The molecule has 1 aliphatic heterocycles. The lowest BCUT2D eigenvalue weighted by Crippen LogP contribution is -2.06. The van der Waals surface area contributed by atoms with E-state index in [0.717, 1.165) is 30.0 Å². The van der Waals surface area contributed by atoms with E-state index in [9.17, 15) is 0 Å². The van der Waals surface area contributed by atoms with Crippen LogP contribution in [-0.2, 0) is 12.8 Å². The number of halogens is 1. The Morgan fingerprint density at radius 3 is 3.07 bits per heavy atom. The van der Waals surface area contributed by atoms with Crippen molar-refractivity contribution in [2.24, 2.45) is 5.73 Å². The van der Waals surface area contributed by atoms with E-state index < -0.39 is 0 Å². The number of benzene rings is 1. The van der Waals surface area contributed by atoms with Gasteiger partial charge in [-0.25, -0.2) is 0 Å². The molecular formula is C12H16ClNO. The zero-order valence-electron chi connectivity index (χ0n) is 8.92. The van der Waals surface area contributed by atoms with Crippen molar-refractivity contribution in [2.75, 3.05) is 6.54 Å². The summed E-state index contributed by atoms with van der Waals surface area (Å²) in [6, 6.07) is 4.00. The van der Waals surface area contributed by atoms with Gasteiger partial charge < -0.3 is 10.5 Å². The van der Waals surface area contributed by atoms with E-state index in [4.69, 9.17) is 22.1 Å². The van der Waals surface area contributed by atoms with Crippen LogP contribution in [0.2, 0.25) is 5.02 Å². The molecule has 0 aliphatic carbocycles. The van der Waals surface area contributed by atoms with Crippen molar-refractivity contribution in [3.63, 3.8) is 0 Å². The van der Waals surface area contributed by atoms with Crippen molar-refractivity contribution in [1.29, 1.82) is 0 Å². The van der Waals surface area contributed by atoms with Crippen molar-refractivity contribution in [1.82, 2.24) is 0 Å². The molecule has 0 radical (unpaired) electrons. The maximum Gasteiger partial charge on any atom is 0.126 e. The van der Waals surface area contributed by atoms with E-state index in [0.29, 0.717) is 6.54 Å². The summed E-state index contributed by atoms with van der Waals surface area (Å²) in [4.78, 5) is 0. The van der Waals surface area contributed by atoms with Crippen LogP contribution in [0, 0.1) is 0 Å². The minimum atomic E-state index is 0.273. The molecule has 0 bridgehead atoms. The highest BCUT2D eigenvalue weighted by molar-refractivity contribution is 6.30. The van der Waals surface area contributed by atoms with Gasteiger partial charge in [-0.2, -0.15) is 0 Å². The van der Waals surface area contributed by atoms with Crippen LogP contribution in [0.5, 0.6) is 5.75 Å². The predicted octanol–water partition coefficient (Wildman–Crippen LogP) is 2.55. The average molecular weight is 226 g/mol. The van der Waals surface area contributed by atoms with Crippen LogP contribution in [0.15, 0.2) is 12.1 Å². The Hall–Kier alpha value is -0.730. The molecule has 1 unspecified atom stereocenters. The molecule has 0 saturated carbocycles. The molecule has 2 nitrogen and oxygen atoms in total. The first kappa shape index (κ1) is 10.8. The van der Waals surface area contributed by atoms with Gasteiger partial charge in [-0.05, 0) is 49.6 Å². The summed E-state index contributed by atoms with van der Waals surface area (Å²) in [6.07, 6.45) is 3.16. The molecule has 3 heteroatoms. The van der Waals surface area contributed by atoms with Gasteiger partial charge in [-0.3, -0.25) is 0 Å². The van der Waals surface area contributed by atoms with Crippen molar-refractivity contribution in [3.8, 4) is 5.75 Å². The van der Waals surface area contributed by atoms with Gasteiger partial charge in [0.1, 0.15) is 11.9 Å². The fraction of sp³-hybridized carbons (Fsp3) is 0.500. The van der Waals surface area contributed by atoms with Gasteiger partial charge >= 0.3 is 0 Å². The van der Waals surface area contributed by atoms with Crippen LogP contribution in [0.4, 0.5) is 0 Å².